The zero-order valence-electron chi connectivity index (χ0n) is 19.6. The van der Waals surface area contributed by atoms with Gasteiger partial charge in [0.15, 0.2) is 6.29 Å². The van der Waals surface area contributed by atoms with Gasteiger partial charge in [0.2, 0.25) is 0 Å². The van der Waals surface area contributed by atoms with Gasteiger partial charge in [0.05, 0.1) is 12.2 Å². The van der Waals surface area contributed by atoms with Crippen LogP contribution in [0.3, 0.4) is 0 Å². The third-order valence-corrected chi connectivity index (χ3v) is 10.3. The zero-order chi connectivity index (χ0) is 22.6. The van der Waals surface area contributed by atoms with Crippen LogP contribution in [-0.2, 0) is 16.8 Å². The van der Waals surface area contributed by atoms with Crippen molar-refractivity contribution in [1.82, 2.24) is 0 Å². The lowest BCUT2D eigenvalue weighted by Crippen LogP contribution is -2.49. The summed E-state index contributed by atoms with van der Waals surface area (Å²) < 4.78 is 13.2. The Morgan fingerprint density at radius 2 is 1.85 bits per heavy atom. The number of benzene rings is 2. The molecule has 176 valence electrons. The molecule has 3 fully saturated rings. The highest BCUT2D eigenvalue weighted by Crippen LogP contribution is 2.67. The van der Waals surface area contributed by atoms with E-state index >= 15 is 0 Å². The van der Waals surface area contributed by atoms with Crippen molar-refractivity contribution in [2.24, 2.45) is 17.3 Å². The lowest BCUT2D eigenvalue weighted by atomic mass is 9.52. The molecule has 6 rings (SSSR count). The maximum absolute atomic E-state index is 12.1. The molecule has 3 aliphatic carbocycles. The highest BCUT2D eigenvalue weighted by molar-refractivity contribution is 14.1. The Kier molecular flexibility index (Phi) is 5.78. The van der Waals surface area contributed by atoms with Crippen molar-refractivity contribution >= 4 is 22.6 Å². The van der Waals surface area contributed by atoms with Crippen molar-refractivity contribution in [3.8, 4) is 5.75 Å². The third-order valence-electron chi connectivity index (χ3n) is 9.58. The van der Waals surface area contributed by atoms with E-state index in [1.165, 1.54) is 34.0 Å². The predicted molar refractivity (Wildman–Crippen MR) is 138 cm³/mol. The van der Waals surface area contributed by atoms with E-state index in [0.717, 1.165) is 56.4 Å². The number of halogens is 1. The average Bonchev–Trinajstić information content (AvgIpc) is 3.11. The van der Waals surface area contributed by atoms with Crippen molar-refractivity contribution in [2.75, 3.05) is 6.61 Å². The molecule has 2 saturated carbocycles. The molecule has 0 amide bonds. The summed E-state index contributed by atoms with van der Waals surface area (Å²) in [4.78, 5) is 0. The summed E-state index contributed by atoms with van der Waals surface area (Å²) in [5.41, 5.74) is 3.38. The van der Waals surface area contributed by atoms with Gasteiger partial charge in [-0.05, 0) is 133 Å². The Bertz CT molecular complexity index is 1010. The molecule has 1 unspecified atom stereocenters. The number of ether oxygens (including phenoxy) is 2. The standard InChI is InChI=1S/C29H35IO3/c1-28-15-13-24-23-12-10-22(33-27-4-2-3-17-32-27)18-19(23)5-11-25(24)26(28)14-16-29(28,31)20-6-8-21(30)9-7-20/h6-10,12,18,24-27,31H,2-5,11,13-17H2,1H3/t24-,25-,26+,27?,28+,29-/m1/s1. The Morgan fingerprint density at radius 1 is 1.00 bits per heavy atom. The molecule has 1 saturated heterocycles. The molecule has 1 heterocycles. The van der Waals surface area contributed by atoms with E-state index in [9.17, 15) is 5.11 Å². The fourth-order valence-electron chi connectivity index (χ4n) is 7.80. The Morgan fingerprint density at radius 3 is 2.64 bits per heavy atom. The van der Waals surface area contributed by atoms with Crippen molar-refractivity contribution in [3.05, 3.63) is 62.7 Å². The zero-order valence-corrected chi connectivity index (χ0v) is 21.7. The van der Waals surface area contributed by atoms with Crippen LogP contribution < -0.4 is 4.74 Å². The number of rotatable bonds is 3. The minimum Gasteiger partial charge on any atom is -0.465 e. The minimum atomic E-state index is -0.703. The quantitative estimate of drug-likeness (QED) is 0.415. The van der Waals surface area contributed by atoms with Gasteiger partial charge in [0, 0.05) is 15.4 Å². The molecule has 0 spiro atoms. The number of fused-ring (bicyclic) bond motifs is 5. The first kappa shape index (κ1) is 22.4. The first-order chi connectivity index (χ1) is 16.0. The smallest absolute Gasteiger partial charge is 0.199 e. The normalized spacial score (nSPS) is 37.7. The van der Waals surface area contributed by atoms with Gasteiger partial charge in [0.1, 0.15) is 5.75 Å². The highest BCUT2D eigenvalue weighted by atomic mass is 127. The molecule has 2 aromatic rings. The number of aliphatic hydroxyl groups is 1. The lowest BCUT2D eigenvalue weighted by molar-refractivity contribution is -0.109. The molecular formula is C29H35IO3. The summed E-state index contributed by atoms with van der Waals surface area (Å²) in [6.07, 6.45) is 9.87. The summed E-state index contributed by atoms with van der Waals surface area (Å²) in [6.45, 7) is 3.20. The van der Waals surface area contributed by atoms with Crippen molar-refractivity contribution < 1.29 is 14.6 Å². The third kappa shape index (κ3) is 3.66. The number of hydrogen-bond donors (Lipinski definition) is 1. The molecule has 0 radical (unpaired) electrons. The molecule has 0 bridgehead atoms. The Balaban J connectivity index is 1.24. The SMILES string of the molecule is C[C@]12CC[C@@H]3c4ccc(OC5CCCCO5)cc4CC[C@H]3[C@@H]1CC[C@@]2(O)c1ccc(I)cc1. The average molecular weight is 559 g/mol. The molecule has 1 N–H and O–H groups in total. The van der Waals surface area contributed by atoms with E-state index in [2.05, 4.69) is 72.0 Å². The maximum atomic E-state index is 12.1. The van der Waals surface area contributed by atoms with Crippen LogP contribution in [0.15, 0.2) is 42.5 Å². The number of aryl methyl sites for hydroxylation is 1. The monoisotopic (exact) mass is 558 g/mol. The van der Waals surface area contributed by atoms with Gasteiger partial charge in [-0.1, -0.05) is 25.1 Å². The largest absolute Gasteiger partial charge is 0.465 e. The second-order valence-electron chi connectivity index (χ2n) is 11.1. The van der Waals surface area contributed by atoms with Gasteiger partial charge < -0.3 is 14.6 Å². The molecule has 1 aliphatic heterocycles. The first-order valence-electron chi connectivity index (χ1n) is 12.9. The van der Waals surface area contributed by atoms with Gasteiger partial charge in [-0.2, -0.15) is 0 Å². The van der Waals surface area contributed by atoms with Gasteiger partial charge in [0.25, 0.3) is 0 Å². The summed E-state index contributed by atoms with van der Waals surface area (Å²) in [7, 11) is 0. The highest BCUT2D eigenvalue weighted by Gasteiger charge is 2.62. The lowest BCUT2D eigenvalue weighted by Gasteiger charge is -2.53. The summed E-state index contributed by atoms with van der Waals surface area (Å²) in [5, 5.41) is 12.1. The van der Waals surface area contributed by atoms with Gasteiger partial charge >= 0.3 is 0 Å². The van der Waals surface area contributed by atoms with Crippen LogP contribution in [-0.4, -0.2) is 18.0 Å². The van der Waals surface area contributed by atoms with Gasteiger partial charge in [-0.3, -0.25) is 0 Å². The summed E-state index contributed by atoms with van der Waals surface area (Å²) >= 11 is 2.35. The second kappa shape index (κ2) is 8.53. The summed E-state index contributed by atoms with van der Waals surface area (Å²) in [6, 6.07) is 15.4. The molecule has 6 atom stereocenters. The molecule has 33 heavy (non-hydrogen) atoms. The molecule has 2 aromatic carbocycles. The van der Waals surface area contributed by atoms with Crippen LogP contribution in [0.25, 0.3) is 0 Å². The van der Waals surface area contributed by atoms with E-state index < -0.39 is 5.60 Å². The maximum Gasteiger partial charge on any atom is 0.199 e. The topological polar surface area (TPSA) is 38.7 Å². The van der Waals surface area contributed by atoms with Crippen LogP contribution in [0.1, 0.15) is 80.9 Å². The Labute approximate surface area is 211 Å². The molecule has 4 aliphatic rings. The van der Waals surface area contributed by atoms with E-state index in [1.807, 2.05) is 0 Å². The van der Waals surface area contributed by atoms with E-state index in [1.54, 1.807) is 0 Å². The van der Waals surface area contributed by atoms with Gasteiger partial charge in [-0.15, -0.1) is 0 Å². The van der Waals surface area contributed by atoms with E-state index in [0.29, 0.717) is 17.8 Å². The van der Waals surface area contributed by atoms with Crippen LogP contribution in [0.4, 0.5) is 0 Å². The van der Waals surface area contributed by atoms with Gasteiger partial charge in [-0.25, -0.2) is 0 Å². The Hall–Kier alpha value is -1.11. The summed E-state index contributed by atoms with van der Waals surface area (Å²) in [5.74, 6) is 2.84. The predicted octanol–water partition coefficient (Wildman–Crippen LogP) is 6.94. The van der Waals surface area contributed by atoms with Crippen LogP contribution in [0.2, 0.25) is 0 Å². The van der Waals surface area contributed by atoms with E-state index in [-0.39, 0.29) is 11.7 Å². The molecular weight excluding hydrogens is 523 g/mol. The molecule has 0 aromatic heterocycles. The minimum absolute atomic E-state index is 0.0418. The first-order valence-corrected chi connectivity index (χ1v) is 14.0. The van der Waals surface area contributed by atoms with Crippen molar-refractivity contribution in [2.45, 2.75) is 82.5 Å². The molecule has 3 nitrogen and oxygen atoms in total. The van der Waals surface area contributed by atoms with Crippen LogP contribution >= 0.6 is 22.6 Å². The van der Waals surface area contributed by atoms with Crippen molar-refractivity contribution in [1.29, 1.82) is 0 Å². The fraction of sp³-hybridized carbons (Fsp3) is 0.586. The fourth-order valence-corrected chi connectivity index (χ4v) is 8.16. The van der Waals surface area contributed by atoms with E-state index in [4.69, 9.17) is 9.47 Å². The number of hydrogen-bond acceptors (Lipinski definition) is 3. The van der Waals surface area contributed by atoms with Crippen LogP contribution in [0, 0.1) is 20.8 Å². The van der Waals surface area contributed by atoms with Crippen molar-refractivity contribution in [3.63, 3.8) is 0 Å². The molecule has 4 heteroatoms. The van der Waals surface area contributed by atoms with Crippen LogP contribution in [0.5, 0.6) is 5.75 Å². The second-order valence-corrected chi connectivity index (χ2v) is 12.3.